The number of benzene rings is 3. The lowest BCUT2D eigenvalue weighted by Gasteiger charge is -2.36. The van der Waals surface area contributed by atoms with Gasteiger partial charge in [0.1, 0.15) is 6.54 Å². The molecule has 1 atom stereocenters. The van der Waals surface area contributed by atoms with Crippen LogP contribution in [0.1, 0.15) is 22.0 Å². The van der Waals surface area contributed by atoms with Crippen molar-refractivity contribution in [3.63, 3.8) is 0 Å². The summed E-state index contributed by atoms with van der Waals surface area (Å²) in [5, 5.41) is 10.2. The van der Waals surface area contributed by atoms with Crippen LogP contribution in [0.5, 0.6) is 0 Å². The molecular weight excluding hydrogens is 549 g/mol. The summed E-state index contributed by atoms with van der Waals surface area (Å²) in [6.07, 6.45) is 0. The largest absolute Gasteiger partial charge is 0.379 e. The fourth-order valence-electron chi connectivity index (χ4n) is 4.68. The Labute approximate surface area is 244 Å². The van der Waals surface area contributed by atoms with Crippen LogP contribution in [0.25, 0.3) is 11.1 Å². The summed E-state index contributed by atoms with van der Waals surface area (Å²) in [4.78, 5) is 31.0. The molecule has 2 amide bonds. The fourth-order valence-corrected chi connectivity index (χ4v) is 4.98. The Kier molecular flexibility index (Phi) is 10.0. The quantitative estimate of drug-likeness (QED) is 0.351. The molecule has 4 rings (SSSR count). The molecule has 0 aromatic heterocycles. The van der Waals surface area contributed by atoms with Gasteiger partial charge < -0.3 is 20.3 Å². The Balaban J connectivity index is 1.58. The van der Waals surface area contributed by atoms with Crippen LogP contribution in [0, 0.1) is 11.3 Å². The van der Waals surface area contributed by atoms with Crippen LogP contribution in [-0.4, -0.2) is 74.6 Å². The lowest BCUT2D eigenvalue weighted by molar-refractivity contribution is -0.131. The molecule has 1 unspecified atom stereocenters. The number of rotatable bonds is 10. The van der Waals surface area contributed by atoms with Crippen molar-refractivity contribution < 1.29 is 14.3 Å². The molecule has 3 aromatic rings. The van der Waals surface area contributed by atoms with Crippen molar-refractivity contribution in [2.75, 3.05) is 57.9 Å². The van der Waals surface area contributed by atoms with Crippen molar-refractivity contribution >= 4 is 40.7 Å². The van der Waals surface area contributed by atoms with Crippen molar-refractivity contribution in [3.05, 3.63) is 87.9 Å². The van der Waals surface area contributed by atoms with Gasteiger partial charge >= 0.3 is 0 Å². The predicted molar refractivity (Wildman–Crippen MR) is 157 cm³/mol. The van der Waals surface area contributed by atoms with Gasteiger partial charge in [-0.05, 0) is 47.0 Å². The minimum atomic E-state index is -0.476. The molecule has 40 heavy (non-hydrogen) atoms. The molecule has 10 heteroatoms. The molecule has 1 aliphatic heterocycles. The molecule has 208 valence electrons. The standard InChI is InChI=1S/C30H31Cl2N5O3/c1-35(29(38)20-37(12-11-33)25-9-10-26(31)27(32)18-25)28(19-36-13-15-40-16-14-36)22-7-5-21(6-8-22)23-3-2-4-24(17-23)30(34)39/h2-10,17-18,28H,12-16,19-20H2,1H3,(H2,34,39). The number of nitrogens with zero attached hydrogens (tertiary/aromatic N) is 4. The van der Waals surface area contributed by atoms with Crippen LogP contribution in [0.4, 0.5) is 5.69 Å². The first-order chi connectivity index (χ1) is 19.3. The Bertz CT molecular complexity index is 1390. The van der Waals surface area contributed by atoms with E-state index in [0.717, 1.165) is 29.8 Å². The van der Waals surface area contributed by atoms with E-state index < -0.39 is 5.91 Å². The molecule has 3 aromatic carbocycles. The molecule has 1 saturated heterocycles. The molecular formula is C30H31Cl2N5O3. The van der Waals surface area contributed by atoms with Gasteiger partial charge in [-0.1, -0.05) is 59.6 Å². The topological polar surface area (TPSA) is 103 Å². The zero-order valence-electron chi connectivity index (χ0n) is 22.2. The fraction of sp³-hybridized carbons (Fsp3) is 0.300. The average molecular weight is 581 g/mol. The Morgan fingerprint density at radius 2 is 1.75 bits per heavy atom. The maximum absolute atomic E-state index is 13.6. The van der Waals surface area contributed by atoms with Crippen LogP contribution in [-0.2, 0) is 9.53 Å². The molecule has 0 radical (unpaired) electrons. The second-order valence-electron chi connectivity index (χ2n) is 9.61. The van der Waals surface area contributed by atoms with Crippen LogP contribution >= 0.6 is 23.2 Å². The summed E-state index contributed by atoms with van der Waals surface area (Å²) in [6.45, 7) is 3.50. The van der Waals surface area contributed by atoms with E-state index in [4.69, 9.17) is 33.7 Å². The first kappa shape index (κ1) is 29.4. The highest BCUT2D eigenvalue weighted by Crippen LogP contribution is 2.29. The maximum Gasteiger partial charge on any atom is 0.248 e. The van der Waals surface area contributed by atoms with Crippen molar-refractivity contribution in [1.29, 1.82) is 5.26 Å². The molecule has 2 N–H and O–H groups in total. The minimum Gasteiger partial charge on any atom is -0.379 e. The van der Waals surface area contributed by atoms with E-state index in [-0.39, 0.29) is 25.0 Å². The molecule has 1 heterocycles. The van der Waals surface area contributed by atoms with Gasteiger partial charge in [-0.3, -0.25) is 14.5 Å². The number of halogens is 2. The molecule has 0 spiro atoms. The number of likely N-dealkylation sites (N-methyl/N-ethyl adjacent to an activating group) is 1. The van der Waals surface area contributed by atoms with Gasteiger partial charge in [0, 0.05) is 37.9 Å². The minimum absolute atomic E-state index is 0.000372. The summed E-state index contributed by atoms with van der Waals surface area (Å²) < 4.78 is 5.52. The van der Waals surface area contributed by atoms with Crippen LogP contribution in [0.15, 0.2) is 66.7 Å². The molecule has 1 fully saturated rings. The predicted octanol–water partition coefficient (Wildman–Crippen LogP) is 4.62. The highest BCUT2D eigenvalue weighted by atomic mass is 35.5. The monoisotopic (exact) mass is 579 g/mol. The normalized spacial score (nSPS) is 14.2. The maximum atomic E-state index is 13.6. The van der Waals surface area contributed by atoms with Gasteiger partial charge in [0.15, 0.2) is 0 Å². The summed E-state index contributed by atoms with van der Waals surface area (Å²) in [5.41, 5.74) is 9.33. The van der Waals surface area contributed by atoms with Crippen molar-refractivity contribution in [1.82, 2.24) is 9.80 Å². The lowest BCUT2D eigenvalue weighted by Crippen LogP contribution is -2.46. The highest BCUT2D eigenvalue weighted by Gasteiger charge is 2.27. The number of ether oxygens (including phenoxy) is 1. The van der Waals surface area contributed by atoms with Gasteiger partial charge in [-0.2, -0.15) is 5.26 Å². The van der Waals surface area contributed by atoms with Crippen LogP contribution < -0.4 is 10.6 Å². The average Bonchev–Trinajstić information content (AvgIpc) is 2.97. The third-order valence-electron chi connectivity index (χ3n) is 7.03. The molecule has 0 bridgehead atoms. The zero-order chi connectivity index (χ0) is 28.6. The van der Waals surface area contributed by atoms with E-state index in [2.05, 4.69) is 11.0 Å². The van der Waals surface area contributed by atoms with Gasteiger partial charge in [0.25, 0.3) is 0 Å². The third kappa shape index (κ3) is 7.32. The SMILES string of the molecule is CN(C(=O)CN(CC#N)c1ccc(Cl)c(Cl)c1)C(CN1CCOCC1)c1ccc(-c2cccc(C(N)=O)c2)cc1. The van der Waals surface area contributed by atoms with Crippen LogP contribution in [0.3, 0.4) is 0 Å². The number of nitriles is 1. The summed E-state index contributed by atoms with van der Waals surface area (Å²) in [7, 11) is 1.79. The van der Waals surface area contributed by atoms with E-state index in [1.807, 2.05) is 30.3 Å². The second kappa shape index (κ2) is 13.6. The number of carbonyl (C=O) groups excluding carboxylic acids is 2. The van der Waals surface area contributed by atoms with Crippen LogP contribution in [0.2, 0.25) is 10.0 Å². The number of hydrogen-bond donors (Lipinski definition) is 1. The smallest absolute Gasteiger partial charge is 0.248 e. The first-order valence-corrected chi connectivity index (χ1v) is 13.7. The summed E-state index contributed by atoms with van der Waals surface area (Å²) in [5.74, 6) is -0.617. The number of carbonyl (C=O) groups is 2. The number of primary amides is 1. The number of nitrogens with two attached hydrogens (primary N) is 1. The number of hydrogen-bond acceptors (Lipinski definition) is 6. The first-order valence-electron chi connectivity index (χ1n) is 12.9. The van der Waals surface area contributed by atoms with E-state index in [0.29, 0.717) is 41.1 Å². The number of amides is 2. The van der Waals surface area contributed by atoms with Crippen molar-refractivity contribution in [3.8, 4) is 17.2 Å². The van der Waals surface area contributed by atoms with E-state index in [1.54, 1.807) is 53.2 Å². The Hall–Kier alpha value is -3.61. The number of anilines is 1. The van der Waals surface area contributed by atoms with Crippen molar-refractivity contribution in [2.45, 2.75) is 6.04 Å². The molecule has 1 aliphatic rings. The van der Waals surface area contributed by atoms with Gasteiger partial charge in [-0.15, -0.1) is 0 Å². The van der Waals surface area contributed by atoms with Gasteiger partial charge in [-0.25, -0.2) is 0 Å². The summed E-state index contributed by atoms with van der Waals surface area (Å²) >= 11 is 12.3. The van der Waals surface area contributed by atoms with E-state index >= 15 is 0 Å². The Morgan fingerprint density at radius 1 is 1.02 bits per heavy atom. The number of morpholine rings is 1. The highest BCUT2D eigenvalue weighted by molar-refractivity contribution is 6.42. The summed E-state index contributed by atoms with van der Waals surface area (Å²) in [6, 6.07) is 22.1. The third-order valence-corrected chi connectivity index (χ3v) is 7.77. The molecule has 0 aliphatic carbocycles. The Morgan fingerprint density at radius 3 is 2.40 bits per heavy atom. The lowest BCUT2D eigenvalue weighted by atomic mass is 9.98. The molecule has 8 nitrogen and oxygen atoms in total. The zero-order valence-corrected chi connectivity index (χ0v) is 23.7. The second-order valence-corrected chi connectivity index (χ2v) is 10.4. The van der Waals surface area contributed by atoms with E-state index in [1.165, 1.54) is 0 Å². The van der Waals surface area contributed by atoms with Crippen molar-refractivity contribution in [2.24, 2.45) is 5.73 Å². The van der Waals surface area contributed by atoms with E-state index in [9.17, 15) is 14.9 Å². The van der Waals surface area contributed by atoms with Gasteiger partial charge in [0.2, 0.25) is 11.8 Å². The molecule has 0 saturated carbocycles. The van der Waals surface area contributed by atoms with Gasteiger partial charge in [0.05, 0.1) is 41.9 Å².